The maximum Gasteiger partial charge on any atom is 0.251 e. The van der Waals surface area contributed by atoms with Crippen molar-refractivity contribution in [3.63, 3.8) is 0 Å². The quantitative estimate of drug-likeness (QED) is 0.632. The Balaban J connectivity index is 1.92. The van der Waals surface area contributed by atoms with E-state index in [0.29, 0.717) is 35.5 Å². The fourth-order valence-electron chi connectivity index (χ4n) is 2.14. The standard InChI is InChI=1S/C18H16FN3O2/c1-12(23)16-7-2-13(11-20)10-17(16)21-8-9-22-18(24)14-3-5-15(19)6-4-14/h2-7,10,21H,8-9H2,1H3,(H,22,24). The molecule has 2 aromatic rings. The number of benzene rings is 2. The molecule has 0 heterocycles. The van der Waals surface area contributed by atoms with Gasteiger partial charge in [0.1, 0.15) is 5.82 Å². The highest BCUT2D eigenvalue weighted by Gasteiger charge is 2.09. The average molecular weight is 325 g/mol. The van der Waals surface area contributed by atoms with E-state index in [1.807, 2.05) is 6.07 Å². The Bertz CT molecular complexity index is 795. The van der Waals surface area contributed by atoms with Crippen LogP contribution >= 0.6 is 0 Å². The van der Waals surface area contributed by atoms with Crippen molar-refractivity contribution in [3.8, 4) is 6.07 Å². The van der Waals surface area contributed by atoms with Gasteiger partial charge in [0.15, 0.2) is 5.78 Å². The number of hydrogen-bond donors (Lipinski definition) is 2. The summed E-state index contributed by atoms with van der Waals surface area (Å²) >= 11 is 0. The number of rotatable bonds is 6. The normalized spacial score (nSPS) is 9.88. The summed E-state index contributed by atoms with van der Waals surface area (Å²) in [5, 5.41) is 14.7. The largest absolute Gasteiger partial charge is 0.383 e. The van der Waals surface area contributed by atoms with Crippen molar-refractivity contribution in [2.75, 3.05) is 18.4 Å². The van der Waals surface area contributed by atoms with Crippen LogP contribution in [0.25, 0.3) is 0 Å². The number of hydrogen-bond acceptors (Lipinski definition) is 4. The fourth-order valence-corrected chi connectivity index (χ4v) is 2.14. The second-order valence-corrected chi connectivity index (χ2v) is 5.12. The van der Waals surface area contributed by atoms with Crippen LogP contribution in [0.3, 0.4) is 0 Å². The van der Waals surface area contributed by atoms with Gasteiger partial charge in [-0.05, 0) is 49.4 Å². The molecule has 0 aromatic heterocycles. The van der Waals surface area contributed by atoms with Gasteiger partial charge in [-0.25, -0.2) is 4.39 Å². The highest BCUT2D eigenvalue weighted by Crippen LogP contribution is 2.18. The first-order valence-corrected chi connectivity index (χ1v) is 7.34. The minimum absolute atomic E-state index is 0.114. The lowest BCUT2D eigenvalue weighted by Gasteiger charge is -2.11. The summed E-state index contributed by atoms with van der Waals surface area (Å²) in [5.74, 6) is -0.825. The van der Waals surface area contributed by atoms with E-state index in [2.05, 4.69) is 10.6 Å². The summed E-state index contributed by atoms with van der Waals surface area (Å²) in [4.78, 5) is 23.5. The highest BCUT2D eigenvalue weighted by molar-refractivity contribution is 5.99. The molecule has 0 atom stereocenters. The van der Waals surface area contributed by atoms with Gasteiger partial charge >= 0.3 is 0 Å². The molecule has 0 aliphatic heterocycles. The number of nitriles is 1. The third kappa shape index (κ3) is 4.40. The molecular weight excluding hydrogens is 309 g/mol. The lowest BCUT2D eigenvalue weighted by molar-refractivity contribution is 0.0953. The number of amides is 1. The summed E-state index contributed by atoms with van der Waals surface area (Å²) in [7, 11) is 0. The predicted molar refractivity (Wildman–Crippen MR) is 88.4 cm³/mol. The number of Topliss-reactive ketones (excluding diaryl/α,β-unsaturated/α-hetero) is 1. The maximum atomic E-state index is 12.8. The minimum Gasteiger partial charge on any atom is -0.383 e. The third-order valence-electron chi connectivity index (χ3n) is 3.36. The van der Waals surface area contributed by atoms with Crippen molar-refractivity contribution in [1.82, 2.24) is 5.32 Å². The molecule has 0 saturated carbocycles. The van der Waals surface area contributed by atoms with Gasteiger partial charge in [0.2, 0.25) is 0 Å². The maximum absolute atomic E-state index is 12.8. The fraction of sp³-hybridized carbons (Fsp3) is 0.167. The number of nitrogens with one attached hydrogen (secondary N) is 2. The molecule has 0 aliphatic rings. The van der Waals surface area contributed by atoms with E-state index in [4.69, 9.17) is 5.26 Å². The van der Waals surface area contributed by atoms with Crippen LogP contribution in [0.5, 0.6) is 0 Å². The van der Waals surface area contributed by atoms with Gasteiger partial charge in [-0.3, -0.25) is 9.59 Å². The highest BCUT2D eigenvalue weighted by atomic mass is 19.1. The van der Waals surface area contributed by atoms with Crippen molar-refractivity contribution in [2.45, 2.75) is 6.92 Å². The zero-order chi connectivity index (χ0) is 17.5. The molecule has 0 aliphatic carbocycles. The molecule has 2 N–H and O–H groups in total. The molecule has 5 nitrogen and oxygen atoms in total. The number of carbonyl (C=O) groups excluding carboxylic acids is 2. The van der Waals surface area contributed by atoms with E-state index in [1.165, 1.54) is 31.2 Å². The summed E-state index contributed by atoms with van der Waals surface area (Å²) in [6.07, 6.45) is 0. The van der Waals surface area contributed by atoms with Gasteiger partial charge in [0, 0.05) is 29.9 Å². The van der Waals surface area contributed by atoms with Crippen molar-refractivity contribution < 1.29 is 14.0 Å². The number of carbonyl (C=O) groups is 2. The Morgan fingerprint density at radius 1 is 1.12 bits per heavy atom. The van der Waals surface area contributed by atoms with Crippen LogP contribution in [0.4, 0.5) is 10.1 Å². The van der Waals surface area contributed by atoms with Crippen molar-refractivity contribution in [1.29, 1.82) is 5.26 Å². The van der Waals surface area contributed by atoms with Gasteiger partial charge < -0.3 is 10.6 Å². The van der Waals surface area contributed by atoms with Crippen LogP contribution in [0.15, 0.2) is 42.5 Å². The van der Waals surface area contributed by atoms with Crippen LogP contribution < -0.4 is 10.6 Å². The summed E-state index contributed by atoms with van der Waals surface area (Å²) in [6, 6.07) is 12.0. The van der Waals surface area contributed by atoms with Crippen molar-refractivity contribution in [3.05, 3.63) is 65.0 Å². The zero-order valence-electron chi connectivity index (χ0n) is 13.1. The van der Waals surface area contributed by atoms with Crippen LogP contribution in [0.1, 0.15) is 33.2 Å². The Hall–Kier alpha value is -3.20. The molecule has 2 rings (SSSR count). The topological polar surface area (TPSA) is 82.0 Å². The molecular formula is C18H16FN3O2. The predicted octanol–water partition coefficient (Wildman–Crippen LogP) is 2.74. The Labute approximate surface area is 139 Å². The number of anilines is 1. The van der Waals surface area contributed by atoms with Gasteiger partial charge in [-0.1, -0.05) is 0 Å². The zero-order valence-corrected chi connectivity index (χ0v) is 13.1. The van der Waals surface area contributed by atoms with E-state index in [9.17, 15) is 14.0 Å². The Morgan fingerprint density at radius 2 is 1.83 bits per heavy atom. The Morgan fingerprint density at radius 3 is 2.46 bits per heavy atom. The first-order chi connectivity index (χ1) is 11.5. The molecule has 2 aromatic carbocycles. The van der Waals surface area contributed by atoms with Crippen molar-refractivity contribution >= 4 is 17.4 Å². The second-order valence-electron chi connectivity index (χ2n) is 5.12. The van der Waals surface area contributed by atoms with E-state index in [1.54, 1.807) is 18.2 Å². The summed E-state index contributed by atoms with van der Waals surface area (Å²) in [6.45, 7) is 2.13. The molecule has 0 bridgehead atoms. The van der Waals surface area contributed by atoms with Crippen LogP contribution in [-0.2, 0) is 0 Å². The number of ketones is 1. The molecule has 0 radical (unpaired) electrons. The van der Waals surface area contributed by atoms with Crippen LogP contribution in [0.2, 0.25) is 0 Å². The molecule has 0 saturated heterocycles. The van der Waals surface area contributed by atoms with E-state index in [0.717, 1.165) is 0 Å². The smallest absolute Gasteiger partial charge is 0.251 e. The number of nitrogens with zero attached hydrogens (tertiary/aromatic N) is 1. The molecule has 0 unspecified atom stereocenters. The first kappa shape index (κ1) is 17.2. The molecule has 0 fully saturated rings. The van der Waals surface area contributed by atoms with Crippen molar-refractivity contribution in [2.24, 2.45) is 0 Å². The lowest BCUT2D eigenvalue weighted by atomic mass is 10.1. The van der Waals surface area contributed by atoms with Crippen LogP contribution in [0, 0.1) is 17.1 Å². The summed E-state index contributed by atoms with van der Waals surface area (Å²) < 4.78 is 12.8. The lowest BCUT2D eigenvalue weighted by Crippen LogP contribution is -2.29. The Kier molecular flexibility index (Phi) is 5.63. The SMILES string of the molecule is CC(=O)c1ccc(C#N)cc1NCCNC(=O)c1ccc(F)cc1. The molecule has 0 spiro atoms. The average Bonchev–Trinajstić information content (AvgIpc) is 2.58. The number of halogens is 1. The first-order valence-electron chi connectivity index (χ1n) is 7.34. The molecule has 24 heavy (non-hydrogen) atoms. The van der Waals surface area contributed by atoms with Gasteiger partial charge in [-0.2, -0.15) is 5.26 Å². The molecule has 6 heteroatoms. The second kappa shape index (κ2) is 7.88. The van der Waals surface area contributed by atoms with E-state index >= 15 is 0 Å². The van der Waals surface area contributed by atoms with E-state index in [-0.39, 0.29) is 11.7 Å². The van der Waals surface area contributed by atoms with Gasteiger partial charge in [0.25, 0.3) is 5.91 Å². The molecule has 122 valence electrons. The van der Waals surface area contributed by atoms with Gasteiger partial charge in [0.05, 0.1) is 11.6 Å². The monoisotopic (exact) mass is 325 g/mol. The summed E-state index contributed by atoms with van der Waals surface area (Å²) in [5.41, 5.74) is 1.85. The third-order valence-corrected chi connectivity index (χ3v) is 3.36. The minimum atomic E-state index is -0.401. The van der Waals surface area contributed by atoms with Gasteiger partial charge in [-0.15, -0.1) is 0 Å². The van der Waals surface area contributed by atoms with Crippen LogP contribution in [-0.4, -0.2) is 24.8 Å². The van der Waals surface area contributed by atoms with E-state index < -0.39 is 5.82 Å². The molecule has 1 amide bonds.